The Hall–Kier alpha value is -1.65. The molecule has 24 heavy (non-hydrogen) atoms. The monoisotopic (exact) mass is 330 g/mol. The van der Waals surface area contributed by atoms with Crippen molar-refractivity contribution in [2.24, 2.45) is 11.8 Å². The van der Waals surface area contributed by atoms with Gasteiger partial charge in [0.05, 0.1) is 0 Å². The van der Waals surface area contributed by atoms with Gasteiger partial charge in [-0.1, -0.05) is 39.0 Å². The molecule has 1 amide bonds. The lowest BCUT2D eigenvalue weighted by atomic mass is 9.83. The summed E-state index contributed by atoms with van der Waals surface area (Å²) in [7, 11) is 0. The number of carbonyl (C=O) groups is 1. The summed E-state index contributed by atoms with van der Waals surface area (Å²) in [6.45, 7) is 5.58. The van der Waals surface area contributed by atoms with Crippen LogP contribution in [0.4, 0.5) is 5.82 Å². The van der Waals surface area contributed by atoms with Gasteiger partial charge in [-0.25, -0.2) is 0 Å². The number of nitrogens with zero attached hydrogens (tertiary/aromatic N) is 4. The zero-order valence-electron chi connectivity index (χ0n) is 14.9. The summed E-state index contributed by atoms with van der Waals surface area (Å²) in [6, 6.07) is 3.92. The van der Waals surface area contributed by atoms with Gasteiger partial charge in [0.25, 0.3) is 0 Å². The molecule has 0 aromatic carbocycles. The van der Waals surface area contributed by atoms with Gasteiger partial charge in [0, 0.05) is 38.3 Å². The lowest BCUT2D eigenvalue weighted by Gasteiger charge is -2.28. The van der Waals surface area contributed by atoms with E-state index in [1.165, 1.54) is 32.1 Å². The van der Waals surface area contributed by atoms with Gasteiger partial charge in [-0.05, 0) is 30.9 Å². The third-order valence-electron chi connectivity index (χ3n) is 5.52. The Labute approximate surface area is 145 Å². The highest BCUT2D eigenvalue weighted by molar-refractivity contribution is 5.78. The van der Waals surface area contributed by atoms with Crippen molar-refractivity contribution in [3.05, 3.63) is 18.3 Å². The Morgan fingerprint density at radius 2 is 2.00 bits per heavy atom. The van der Waals surface area contributed by atoms with Crippen LogP contribution in [0.5, 0.6) is 0 Å². The van der Waals surface area contributed by atoms with E-state index < -0.39 is 0 Å². The summed E-state index contributed by atoms with van der Waals surface area (Å²) in [5.74, 6) is 2.19. The molecular weight excluding hydrogens is 300 g/mol. The molecule has 1 aliphatic heterocycles. The molecule has 2 fully saturated rings. The minimum Gasteiger partial charge on any atom is -0.353 e. The Balaban J connectivity index is 1.52. The largest absolute Gasteiger partial charge is 0.353 e. The second kappa shape index (κ2) is 8.45. The van der Waals surface area contributed by atoms with E-state index in [1.54, 1.807) is 6.20 Å². The minimum absolute atomic E-state index is 0.163. The van der Waals surface area contributed by atoms with Gasteiger partial charge in [0.15, 0.2) is 5.82 Å². The minimum atomic E-state index is 0.163. The molecule has 1 aromatic rings. The van der Waals surface area contributed by atoms with Crippen molar-refractivity contribution in [2.75, 3.05) is 31.1 Å². The lowest BCUT2D eigenvalue weighted by molar-refractivity contribution is -0.135. The molecule has 3 rings (SSSR count). The van der Waals surface area contributed by atoms with E-state index >= 15 is 0 Å². The molecule has 1 aliphatic carbocycles. The van der Waals surface area contributed by atoms with Crippen molar-refractivity contribution in [2.45, 2.75) is 51.9 Å². The fraction of sp³-hybridized carbons (Fsp3) is 0.737. The average Bonchev–Trinajstić information content (AvgIpc) is 2.89. The molecule has 0 N–H and O–H groups in total. The SMILES string of the molecule is CC(CC1CCCCC1)C(=O)N1CCCN(c2cccnn2)CC1. The summed E-state index contributed by atoms with van der Waals surface area (Å²) < 4.78 is 0. The van der Waals surface area contributed by atoms with Gasteiger partial charge < -0.3 is 9.80 Å². The molecule has 132 valence electrons. The molecule has 1 saturated heterocycles. The number of carbonyl (C=O) groups excluding carboxylic acids is 1. The van der Waals surface area contributed by atoms with Gasteiger partial charge in [-0.2, -0.15) is 5.10 Å². The van der Waals surface area contributed by atoms with Crippen molar-refractivity contribution < 1.29 is 4.79 Å². The lowest BCUT2D eigenvalue weighted by Crippen LogP contribution is -2.39. The second-order valence-electron chi connectivity index (χ2n) is 7.39. The molecule has 2 heterocycles. The number of amides is 1. The van der Waals surface area contributed by atoms with Crippen LogP contribution in [0.15, 0.2) is 18.3 Å². The Morgan fingerprint density at radius 1 is 1.17 bits per heavy atom. The maximum absolute atomic E-state index is 12.8. The van der Waals surface area contributed by atoms with Crippen LogP contribution in [-0.2, 0) is 4.79 Å². The molecule has 0 bridgehead atoms. The van der Waals surface area contributed by atoms with E-state index in [9.17, 15) is 4.79 Å². The van der Waals surface area contributed by atoms with E-state index in [0.717, 1.165) is 50.8 Å². The molecule has 5 nitrogen and oxygen atoms in total. The molecule has 1 unspecified atom stereocenters. The zero-order valence-corrected chi connectivity index (χ0v) is 14.9. The first-order valence-electron chi connectivity index (χ1n) is 9.55. The van der Waals surface area contributed by atoms with Crippen LogP contribution >= 0.6 is 0 Å². The highest BCUT2D eigenvalue weighted by Gasteiger charge is 2.26. The maximum Gasteiger partial charge on any atom is 0.225 e. The van der Waals surface area contributed by atoms with Crippen molar-refractivity contribution in [3.8, 4) is 0 Å². The second-order valence-corrected chi connectivity index (χ2v) is 7.39. The molecule has 2 aliphatic rings. The van der Waals surface area contributed by atoms with E-state index in [-0.39, 0.29) is 5.92 Å². The van der Waals surface area contributed by atoms with Crippen LogP contribution in [0.2, 0.25) is 0 Å². The third kappa shape index (κ3) is 4.46. The topological polar surface area (TPSA) is 49.3 Å². The van der Waals surface area contributed by atoms with Crippen LogP contribution in [-0.4, -0.2) is 47.2 Å². The van der Waals surface area contributed by atoms with Crippen molar-refractivity contribution in [1.29, 1.82) is 0 Å². The molecule has 1 atom stereocenters. The number of anilines is 1. The normalized spacial score (nSPS) is 21.4. The summed E-state index contributed by atoms with van der Waals surface area (Å²) in [5, 5.41) is 8.16. The zero-order chi connectivity index (χ0) is 16.8. The predicted molar refractivity (Wildman–Crippen MR) is 95.8 cm³/mol. The molecule has 5 heteroatoms. The van der Waals surface area contributed by atoms with Crippen molar-refractivity contribution in [3.63, 3.8) is 0 Å². The quantitative estimate of drug-likeness (QED) is 0.851. The van der Waals surface area contributed by atoms with Crippen molar-refractivity contribution >= 4 is 11.7 Å². The Bertz CT molecular complexity index is 515. The smallest absolute Gasteiger partial charge is 0.225 e. The van der Waals surface area contributed by atoms with Gasteiger partial charge in [0.2, 0.25) is 5.91 Å². The molecule has 1 saturated carbocycles. The standard InChI is InChI=1S/C19H30N4O/c1-16(15-17-7-3-2-4-8-17)19(24)23-12-6-11-22(13-14-23)18-9-5-10-20-21-18/h5,9-10,16-17H,2-4,6-8,11-15H2,1H3. The summed E-state index contributed by atoms with van der Waals surface area (Å²) in [4.78, 5) is 17.2. The predicted octanol–water partition coefficient (Wildman–Crippen LogP) is 3.12. The highest BCUT2D eigenvalue weighted by Crippen LogP contribution is 2.29. The fourth-order valence-corrected chi connectivity index (χ4v) is 4.16. The maximum atomic E-state index is 12.8. The van der Waals surface area contributed by atoms with Gasteiger partial charge in [-0.3, -0.25) is 4.79 Å². The summed E-state index contributed by atoms with van der Waals surface area (Å²) in [5.41, 5.74) is 0. The number of aromatic nitrogens is 2. The van der Waals surface area contributed by atoms with Crippen LogP contribution < -0.4 is 4.90 Å². The van der Waals surface area contributed by atoms with E-state index in [2.05, 4.69) is 26.9 Å². The number of hydrogen-bond acceptors (Lipinski definition) is 4. The number of hydrogen-bond donors (Lipinski definition) is 0. The van der Waals surface area contributed by atoms with Crippen LogP contribution in [0, 0.1) is 11.8 Å². The third-order valence-corrected chi connectivity index (χ3v) is 5.52. The highest BCUT2D eigenvalue weighted by atomic mass is 16.2. The van der Waals surface area contributed by atoms with Gasteiger partial charge in [-0.15, -0.1) is 5.10 Å². The Kier molecular flexibility index (Phi) is 6.05. The Morgan fingerprint density at radius 3 is 2.75 bits per heavy atom. The average molecular weight is 330 g/mol. The molecule has 1 aromatic heterocycles. The van der Waals surface area contributed by atoms with E-state index in [4.69, 9.17) is 0 Å². The van der Waals surface area contributed by atoms with E-state index in [1.807, 2.05) is 12.1 Å². The van der Waals surface area contributed by atoms with Gasteiger partial charge in [0.1, 0.15) is 0 Å². The molecule has 0 radical (unpaired) electrons. The van der Waals surface area contributed by atoms with E-state index in [0.29, 0.717) is 5.91 Å². The van der Waals surface area contributed by atoms with Crippen LogP contribution in [0.1, 0.15) is 51.9 Å². The van der Waals surface area contributed by atoms with Crippen LogP contribution in [0.3, 0.4) is 0 Å². The summed E-state index contributed by atoms with van der Waals surface area (Å²) >= 11 is 0. The van der Waals surface area contributed by atoms with Crippen molar-refractivity contribution in [1.82, 2.24) is 15.1 Å². The number of rotatable bonds is 4. The molecule has 0 spiro atoms. The fourth-order valence-electron chi connectivity index (χ4n) is 4.16. The van der Waals surface area contributed by atoms with Crippen LogP contribution in [0.25, 0.3) is 0 Å². The summed E-state index contributed by atoms with van der Waals surface area (Å²) in [6.07, 6.45) is 10.5. The first-order valence-corrected chi connectivity index (χ1v) is 9.55. The first kappa shape index (κ1) is 17.2. The van der Waals surface area contributed by atoms with Gasteiger partial charge >= 0.3 is 0 Å². The first-order chi connectivity index (χ1) is 11.7. The molecular formula is C19H30N4O.